The molecule has 1 aliphatic carbocycles. The van der Waals surface area contributed by atoms with Gasteiger partial charge < -0.3 is 19.8 Å². The van der Waals surface area contributed by atoms with Gasteiger partial charge >= 0.3 is 5.97 Å². The number of nitrogens with two attached hydrogens (primary N) is 1. The molecule has 29 heavy (non-hydrogen) atoms. The van der Waals surface area contributed by atoms with Gasteiger partial charge in [-0.1, -0.05) is 0 Å². The lowest BCUT2D eigenvalue weighted by atomic mass is 10.1. The first-order valence-corrected chi connectivity index (χ1v) is 9.25. The number of halogens is 1. The molecule has 1 aromatic carbocycles. The normalized spacial score (nSPS) is 14.6. The first kappa shape index (κ1) is 19.1. The van der Waals surface area contributed by atoms with E-state index in [1.807, 2.05) is 0 Å². The summed E-state index contributed by atoms with van der Waals surface area (Å²) in [5.41, 5.74) is 5.47. The monoisotopic (exact) mass is 397 g/mol. The smallest absolute Gasteiger partial charge is 0.343 e. The maximum atomic E-state index is 14.7. The van der Waals surface area contributed by atoms with Gasteiger partial charge in [-0.2, -0.15) is 0 Å². The third kappa shape index (κ3) is 3.25. The predicted octanol–water partition coefficient (Wildman–Crippen LogP) is 2.66. The zero-order chi connectivity index (χ0) is 20.8. The molecule has 1 fully saturated rings. The molecule has 8 heteroatoms. The highest BCUT2D eigenvalue weighted by atomic mass is 19.1. The minimum atomic E-state index is -0.821. The second kappa shape index (κ2) is 6.97. The van der Waals surface area contributed by atoms with E-state index in [1.54, 1.807) is 42.9 Å². The zero-order valence-corrected chi connectivity index (χ0v) is 16.1. The fourth-order valence-corrected chi connectivity index (χ4v) is 3.24. The Kier molecular flexibility index (Phi) is 4.58. The molecule has 2 N–H and O–H groups in total. The summed E-state index contributed by atoms with van der Waals surface area (Å²) >= 11 is 0. The Bertz CT molecular complexity index is 1170. The Balaban J connectivity index is 2.02. The van der Waals surface area contributed by atoms with Gasteiger partial charge in [-0.15, -0.1) is 0 Å². The van der Waals surface area contributed by atoms with E-state index in [0.29, 0.717) is 24.3 Å². The van der Waals surface area contributed by atoms with Gasteiger partial charge in [0.25, 0.3) is 0 Å². The Morgan fingerprint density at radius 3 is 2.59 bits per heavy atom. The summed E-state index contributed by atoms with van der Waals surface area (Å²) in [7, 11) is 1.55. The molecule has 3 aromatic rings. The number of esters is 1. The number of carbonyl (C=O) groups is 1. The SMILES string of the molecule is CCOC(=O)c1cn(-c2ccc(OC)cc2)c2nc(C3(N)CC3)c(F)cc2c1=O. The van der Waals surface area contributed by atoms with Crippen LogP contribution in [-0.4, -0.2) is 29.2 Å². The number of hydrogen-bond acceptors (Lipinski definition) is 6. The second-order valence-electron chi connectivity index (χ2n) is 7.01. The lowest BCUT2D eigenvalue weighted by Gasteiger charge is -2.16. The summed E-state index contributed by atoms with van der Waals surface area (Å²) in [4.78, 5) is 29.6. The molecule has 0 unspecified atom stereocenters. The van der Waals surface area contributed by atoms with E-state index in [2.05, 4.69) is 4.98 Å². The molecule has 150 valence electrons. The van der Waals surface area contributed by atoms with Gasteiger partial charge in [-0.05, 0) is 50.1 Å². The molecule has 1 aliphatic rings. The molecule has 7 nitrogen and oxygen atoms in total. The molecule has 2 aromatic heterocycles. The summed E-state index contributed by atoms with van der Waals surface area (Å²) in [6.45, 7) is 1.75. The molecular formula is C21H20FN3O4. The summed E-state index contributed by atoms with van der Waals surface area (Å²) in [6, 6.07) is 8.07. The minimum absolute atomic E-state index is 0.0168. The number of ether oxygens (including phenoxy) is 2. The minimum Gasteiger partial charge on any atom is -0.497 e. The van der Waals surface area contributed by atoms with Crippen LogP contribution in [0, 0.1) is 5.82 Å². The number of pyridine rings is 2. The second-order valence-corrected chi connectivity index (χ2v) is 7.01. The van der Waals surface area contributed by atoms with Gasteiger partial charge in [-0.25, -0.2) is 14.2 Å². The number of carbonyl (C=O) groups excluding carboxylic acids is 1. The fraction of sp³-hybridized carbons (Fsp3) is 0.286. The maximum Gasteiger partial charge on any atom is 0.343 e. The Labute approximate surface area is 165 Å². The molecule has 1 saturated carbocycles. The van der Waals surface area contributed by atoms with Crippen LogP contribution in [0.3, 0.4) is 0 Å². The zero-order valence-electron chi connectivity index (χ0n) is 16.1. The third-order valence-corrected chi connectivity index (χ3v) is 5.04. The van der Waals surface area contributed by atoms with Crippen LogP contribution in [0.15, 0.2) is 41.3 Å². The molecule has 0 amide bonds. The number of methoxy groups -OCH3 is 1. The third-order valence-electron chi connectivity index (χ3n) is 5.04. The number of fused-ring (bicyclic) bond motifs is 1. The predicted molar refractivity (Wildman–Crippen MR) is 105 cm³/mol. The molecule has 0 spiro atoms. The van der Waals surface area contributed by atoms with Gasteiger partial charge in [-0.3, -0.25) is 4.79 Å². The molecule has 4 rings (SSSR count). The van der Waals surface area contributed by atoms with Crippen molar-refractivity contribution in [2.24, 2.45) is 5.73 Å². The molecule has 0 bridgehead atoms. The Morgan fingerprint density at radius 2 is 2.00 bits per heavy atom. The highest BCUT2D eigenvalue weighted by molar-refractivity contribution is 5.93. The number of benzene rings is 1. The van der Waals surface area contributed by atoms with E-state index < -0.39 is 22.8 Å². The lowest BCUT2D eigenvalue weighted by Crippen LogP contribution is -2.25. The van der Waals surface area contributed by atoms with E-state index in [1.165, 1.54) is 6.20 Å². The quantitative estimate of drug-likeness (QED) is 0.665. The van der Waals surface area contributed by atoms with Crippen molar-refractivity contribution in [3.63, 3.8) is 0 Å². The molecule has 0 aliphatic heterocycles. The van der Waals surface area contributed by atoms with Crippen LogP contribution in [0.1, 0.15) is 35.8 Å². The van der Waals surface area contributed by atoms with Crippen LogP contribution in [0.5, 0.6) is 5.75 Å². The van der Waals surface area contributed by atoms with Crippen molar-refractivity contribution in [2.45, 2.75) is 25.3 Å². The number of nitrogens with zero attached hydrogens (tertiary/aromatic N) is 2. The van der Waals surface area contributed by atoms with Crippen LogP contribution in [0.25, 0.3) is 16.7 Å². The molecular weight excluding hydrogens is 377 g/mol. The van der Waals surface area contributed by atoms with Crippen molar-refractivity contribution >= 4 is 17.0 Å². The van der Waals surface area contributed by atoms with Crippen LogP contribution in [-0.2, 0) is 10.3 Å². The maximum absolute atomic E-state index is 14.7. The van der Waals surface area contributed by atoms with Crippen molar-refractivity contribution < 1.29 is 18.7 Å². The fourth-order valence-electron chi connectivity index (χ4n) is 3.24. The molecule has 0 saturated heterocycles. The van der Waals surface area contributed by atoms with Crippen LogP contribution < -0.4 is 15.9 Å². The van der Waals surface area contributed by atoms with Crippen LogP contribution >= 0.6 is 0 Å². The van der Waals surface area contributed by atoms with Crippen molar-refractivity contribution in [2.75, 3.05) is 13.7 Å². The molecule has 0 atom stereocenters. The first-order chi connectivity index (χ1) is 13.9. The Morgan fingerprint density at radius 1 is 1.31 bits per heavy atom. The van der Waals surface area contributed by atoms with Gasteiger partial charge in [0.05, 0.1) is 30.3 Å². The topological polar surface area (TPSA) is 96.4 Å². The number of rotatable bonds is 5. The van der Waals surface area contributed by atoms with E-state index in [0.717, 1.165) is 6.07 Å². The van der Waals surface area contributed by atoms with E-state index in [9.17, 15) is 14.0 Å². The van der Waals surface area contributed by atoms with Gasteiger partial charge in [0.1, 0.15) is 22.8 Å². The lowest BCUT2D eigenvalue weighted by molar-refractivity contribution is 0.0524. The van der Waals surface area contributed by atoms with E-state index in [4.69, 9.17) is 15.2 Å². The first-order valence-electron chi connectivity index (χ1n) is 9.25. The molecule has 2 heterocycles. The summed E-state index contributed by atoms with van der Waals surface area (Å²) in [5.74, 6) is -0.788. The summed E-state index contributed by atoms with van der Waals surface area (Å²) < 4.78 is 26.5. The van der Waals surface area contributed by atoms with Gasteiger partial charge in [0, 0.05) is 11.9 Å². The number of aromatic nitrogens is 2. The van der Waals surface area contributed by atoms with Gasteiger partial charge in [0.2, 0.25) is 5.43 Å². The Hall–Kier alpha value is -3.26. The van der Waals surface area contributed by atoms with Crippen LogP contribution in [0.2, 0.25) is 0 Å². The van der Waals surface area contributed by atoms with Crippen molar-refractivity contribution in [1.82, 2.24) is 9.55 Å². The highest BCUT2D eigenvalue weighted by Crippen LogP contribution is 2.43. The summed E-state index contributed by atoms with van der Waals surface area (Å²) in [5, 5.41) is -0.0168. The van der Waals surface area contributed by atoms with Gasteiger partial charge in [0.15, 0.2) is 0 Å². The average Bonchev–Trinajstić information content (AvgIpc) is 3.47. The van der Waals surface area contributed by atoms with E-state index in [-0.39, 0.29) is 28.9 Å². The van der Waals surface area contributed by atoms with E-state index >= 15 is 0 Å². The average molecular weight is 397 g/mol. The van der Waals surface area contributed by atoms with Crippen LogP contribution in [0.4, 0.5) is 4.39 Å². The molecule has 0 radical (unpaired) electrons. The standard InChI is InChI=1S/C21H20FN3O4/c1-3-29-20(27)15-11-25(12-4-6-13(28-2)7-5-12)19-14(17(15)26)10-16(22)18(24-19)21(23)8-9-21/h4-7,10-11H,3,8-9,23H2,1-2H3. The van der Waals surface area contributed by atoms with Crippen molar-refractivity contribution in [3.05, 3.63) is 63.8 Å². The largest absolute Gasteiger partial charge is 0.497 e. The highest BCUT2D eigenvalue weighted by Gasteiger charge is 2.44. The van der Waals surface area contributed by atoms with Crippen molar-refractivity contribution in [1.29, 1.82) is 0 Å². The summed E-state index contributed by atoms with van der Waals surface area (Å²) in [6.07, 6.45) is 2.61. The number of hydrogen-bond donors (Lipinski definition) is 1. The van der Waals surface area contributed by atoms with Crippen molar-refractivity contribution in [3.8, 4) is 11.4 Å².